The Balaban J connectivity index is 1.49. The van der Waals surface area contributed by atoms with Gasteiger partial charge in [-0.2, -0.15) is 0 Å². The quantitative estimate of drug-likeness (QED) is 0.473. The summed E-state index contributed by atoms with van der Waals surface area (Å²) < 4.78 is 5.47. The van der Waals surface area contributed by atoms with Crippen LogP contribution in [0.1, 0.15) is 11.4 Å². The summed E-state index contributed by atoms with van der Waals surface area (Å²) in [4.78, 5) is 18.6. The number of anilines is 2. The predicted octanol–water partition coefficient (Wildman–Crippen LogP) is 3.84. The largest absolute Gasteiger partial charge is 0.384 e. The molecule has 1 saturated heterocycles. The fraction of sp³-hybridized carbons (Fsp3) is 0.286. The van der Waals surface area contributed by atoms with Gasteiger partial charge in [0.05, 0.1) is 25.1 Å². The van der Waals surface area contributed by atoms with Gasteiger partial charge in [-0.1, -0.05) is 12.1 Å². The lowest BCUT2D eigenvalue weighted by molar-refractivity contribution is 0.0331. The van der Waals surface area contributed by atoms with Gasteiger partial charge in [-0.05, 0) is 23.1 Å². The number of aromatic nitrogens is 3. The third-order valence-corrected chi connectivity index (χ3v) is 6.82. The van der Waals surface area contributed by atoms with Crippen molar-refractivity contribution >= 4 is 44.5 Å². The molecule has 5 rings (SSSR count). The highest BCUT2D eigenvalue weighted by atomic mass is 32.1. The summed E-state index contributed by atoms with van der Waals surface area (Å²) in [5.74, 6) is 2.22. The van der Waals surface area contributed by atoms with Crippen molar-refractivity contribution in [2.75, 3.05) is 37.4 Å². The van der Waals surface area contributed by atoms with Crippen molar-refractivity contribution in [3.8, 4) is 10.4 Å². The number of hydrogen-bond acceptors (Lipinski definition) is 9. The zero-order valence-electron chi connectivity index (χ0n) is 16.4. The van der Waals surface area contributed by atoms with Gasteiger partial charge in [0.15, 0.2) is 0 Å². The van der Waals surface area contributed by atoms with Crippen molar-refractivity contribution in [3.05, 3.63) is 52.6 Å². The van der Waals surface area contributed by atoms with Crippen molar-refractivity contribution in [3.63, 3.8) is 0 Å². The van der Waals surface area contributed by atoms with Crippen LogP contribution in [0.3, 0.4) is 0 Å². The number of fused-ring (bicyclic) bond motifs is 1. The van der Waals surface area contributed by atoms with Crippen LogP contribution in [-0.2, 0) is 17.8 Å². The Bertz CT molecular complexity index is 1120. The Kier molecular flexibility index (Phi) is 5.58. The van der Waals surface area contributed by atoms with E-state index < -0.39 is 0 Å². The van der Waals surface area contributed by atoms with Gasteiger partial charge in [0.1, 0.15) is 22.3 Å². The molecule has 1 aliphatic rings. The van der Waals surface area contributed by atoms with Crippen LogP contribution in [0.2, 0.25) is 0 Å². The van der Waals surface area contributed by atoms with Crippen LogP contribution in [0.5, 0.6) is 0 Å². The number of pyridine rings is 1. The van der Waals surface area contributed by atoms with Gasteiger partial charge < -0.3 is 15.8 Å². The van der Waals surface area contributed by atoms with Crippen LogP contribution in [0, 0.1) is 0 Å². The summed E-state index contributed by atoms with van der Waals surface area (Å²) in [6.45, 7) is 4.69. The Morgan fingerprint density at radius 1 is 1.13 bits per heavy atom. The second-order valence-electron chi connectivity index (χ2n) is 7.13. The molecule has 5 heterocycles. The maximum absolute atomic E-state index is 5.71. The Morgan fingerprint density at radius 3 is 2.80 bits per heavy atom. The van der Waals surface area contributed by atoms with Crippen LogP contribution in [0.15, 0.2) is 41.2 Å². The van der Waals surface area contributed by atoms with E-state index in [0.29, 0.717) is 12.4 Å². The number of hydrogen-bond donors (Lipinski definition) is 2. The van der Waals surface area contributed by atoms with Gasteiger partial charge in [0, 0.05) is 41.7 Å². The summed E-state index contributed by atoms with van der Waals surface area (Å²) in [7, 11) is 0. The fourth-order valence-corrected chi connectivity index (χ4v) is 5.26. The van der Waals surface area contributed by atoms with Gasteiger partial charge in [0.2, 0.25) is 0 Å². The number of nitrogens with two attached hydrogens (primary N) is 1. The average Bonchev–Trinajstić information content (AvgIpc) is 3.44. The number of ether oxygens (including phenoxy) is 1. The molecule has 1 fully saturated rings. The summed E-state index contributed by atoms with van der Waals surface area (Å²) in [6, 6.07) is 8.01. The highest BCUT2D eigenvalue weighted by Crippen LogP contribution is 2.39. The highest BCUT2D eigenvalue weighted by Gasteiger charge is 2.18. The molecule has 0 aromatic carbocycles. The Labute approximate surface area is 182 Å². The number of thiophene rings is 2. The highest BCUT2D eigenvalue weighted by molar-refractivity contribution is 7.18. The van der Waals surface area contributed by atoms with Crippen molar-refractivity contribution in [1.82, 2.24) is 19.9 Å². The molecule has 154 valence electrons. The molecule has 4 aromatic rings. The first kappa shape index (κ1) is 19.4. The molecule has 4 aromatic heterocycles. The van der Waals surface area contributed by atoms with E-state index in [1.807, 2.05) is 12.1 Å². The van der Waals surface area contributed by atoms with Gasteiger partial charge in [-0.25, -0.2) is 15.0 Å². The molecule has 0 bridgehead atoms. The average molecular weight is 439 g/mol. The van der Waals surface area contributed by atoms with Crippen molar-refractivity contribution in [2.24, 2.45) is 0 Å². The Morgan fingerprint density at radius 2 is 2.03 bits per heavy atom. The van der Waals surface area contributed by atoms with E-state index in [4.69, 9.17) is 20.4 Å². The summed E-state index contributed by atoms with van der Waals surface area (Å²) in [6.07, 6.45) is 1.79. The van der Waals surface area contributed by atoms with E-state index in [1.165, 1.54) is 10.4 Å². The molecule has 0 unspecified atom stereocenters. The molecule has 0 atom stereocenters. The maximum atomic E-state index is 5.71. The molecular weight excluding hydrogens is 416 g/mol. The molecule has 0 saturated carbocycles. The minimum absolute atomic E-state index is 0.522. The summed E-state index contributed by atoms with van der Waals surface area (Å²) >= 11 is 3.40. The standard InChI is InChI=1S/C21H22N6OS2/c22-17-4-3-14(10-23-17)11-24-20-19-15(16-2-1-9-29-16)13-30-21(19)26-18(25-20)12-27-5-7-28-8-6-27/h1-4,9-10,13H,5-8,11-12H2,(H2,22,23)(H,24,25,26). The van der Waals surface area contributed by atoms with Gasteiger partial charge in [-0.15, -0.1) is 22.7 Å². The van der Waals surface area contributed by atoms with Gasteiger partial charge in [-0.3, -0.25) is 4.90 Å². The molecule has 0 spiro atoms. The number of morpholine rings is 1. The molecule has 0 radical (unpaired) electrons. The topological polar surface area (TPSA) is 89.2 Å². The molecule has 3 N–H and O–H groups in total. The molecule has 7 nitrogen and oxygen atoms in total. The van der Waals surface area contributed by atoms with Crippen LogP contribution >= 0.6 is 22.7 Å². The molecular formula is C21H22N6OS2. The number of rotatable bonds is 6. The fourth-order valence-electron chi connectivity index (χ4n) is 3.48. The number of nitrogens with zero attached hydrogens (tertiary/aromatic N) is 4. The molecule has 1 aliphatic heterocycles. The second-order valence-corrected chi connectivity index (χ2v) is 8.93. The van der Waals surface area contributed by atoms with Crippen molar-refractivity contribution in [2.45, 2.75) is 13.1 Å². The molecule has 0 amide bonds. The van der Waals surface area contributed by atoms with Gasteiger partial charge in [0.25, 0.3) is 0 Å². The smallest absolute Gasteiger partial charge is 0.146 e. The zero-order chi connectivity index (χ0) is 20.3. The first-order valence-electron chi connectivity index (χ1n) is 9.82. The van der Waals surface area contributed by atoms with E-state index in [-0.39, 0.29) is 0 Å². The number of nitrogen functional groups attached to an aromatic ring is 1. The summed E-state index contributed by atoms with van der Waals surface area (Å²) in [5, 5.41) is 8.88. The first-order chi connectivity index (χ1) is 14.8. The maximum Gasteiger partial charge on any atom is 0.146 e. The monoisotopic (exact) mass is 438 g/mol. The van der Waals surface area contributed by atoms with Crippen molar-refractivity contribution in [1.29, 1.82) is 0 Å². The van der Waals surface area contributed by atoms with E-state index in [2.05, 4.69) is 38.1 Å². The third kappa shape index (κ3) is 4.15. The molecule has 0 aliphatic carbocycles. The SMILES string of the molecule is Nc1ccc(CNc2nc(CN3CCOCC3)nc3scc(-c4cccs4)c23)cn1. The number of nitrogens with one attached hydrogen (secondary N) is 1. The minimum atomic E-state index is 0.522. The van der Waals surface area contributed by atoms with E-state index in [0.717, 1.165) is 60.3 Å². The van der Waals surface area contributed by atoms with Crippen molar-refractivity contribution < 1.29 is 4.74 Å². The van der Waals surface area contributed by atoms with Gasteiger partial charge >= 0.3 is 0 Å². The third-order valence-electron chi connectivity index (χ3n) is 5.04. The predicted molar refractivity (Wildman–Crippen MR) is 123 cm³/mol. The van der Waals surface area contributed by atoms with E-state index in [1.54, 1.807) is 28.9 Å². The lowest BCUT2D eigenvalue weighted by Crippen LogP contribution is -2.36. The lowest BCUT2D eigenvalue weighted by Gasteiger charge is -2.25. The lowest BCUT2D eigenvalue weighted by atomic mass is 10.2. The van der Waals surface area contributed by atoms with Crippen LogP contribution in [0.4, 0.5) is 11.6 Å². The van der Waals surface area contributed by atoms with Crippen LogP contribution in [-0.4, -0.2) is 46.2 Å². The van der Waals surface area contributed by atoms with E-state index >= 15 is 0 Å². The van der Waals surface area contributed by atoms with Crippen LogP contribution < -0.4 is 11.1 Å². The zero-order valence-corrected chi connectivity index (χ0v) is 18.0. The summed E-state index contributed by atoms with van der Waals surface area (Å²) in [5.41, 5.74) is 7.95. The normalized spacial score (nSPS) is 14.9. The van der Waals surface area contributed by atoms with Crippen LogP contribution in [0.25, 0.3) is 20.7 Å². The Hall–Kier alpha value is -2.59. The molecule has 30 heavy (non-hydrogen) atoms. The van der Waals surface area contributed by atoms with E-state index in [9.17, 15) is 0 Å². The molecule has 9 heteroatoms. The second kappa shape index (κ2) is 8.65. The first-order valence-corrected chi connectivity index (χ1v) is 11.6. The minimum Gasteiger partial charge on any atom is -0.384 e.